The number of thioether (sulfide) groups is 1. The number of carbonyl (C=O) groups excluding carboxylic acids is 2. The lowest BCUT2D eigenvalue weighted by atomic mass is 10.3. The molecule has 146 valence electrons. The molecule has 0 aliphatic carbocycles. The maximum Gasteiger partial charge on any atom is 0.267 e. The van der Waals surface area contributed by atoms with Crippen LogP contribution in [0.1, 0.15) is 29.2 Å². The molecule has 1 fully saturated rings. The summed E-state index contributed by atoms with van der Waals surface area (Å²) in [6.07, 6.45) is 0. The molecule has 12 heteroatoms. The molecule has 3 rings (SSSR count). The Morgan fingerprint density at radius 3 is 2.56 bits per heavy atom. The maximum absolute atomic E-state index is 12.5. The summed E-state index contributed by atoms with van der Waals surface area (Å²) >= 11 is 4.01. The molecular formula is C15H21N7O2S3. The number of aromatic nitrogens is 4. The van der Waals surface area contributed by atoms with E-state index >= 15 is 0 Å². The molecule has 2 aromatic rings. The molecule has 2 amide bonds. The summed E-state index contributed by atoms with van der Waals surface area (Å²) in [5.41, 5.74) is 0.680. The van der Waals surface area contributed by atoms with Gasteiger partial charge in [0.25, 0.3) is 5.91 Å². The highest BCUT2D eigenvalue weighted by atomic mass is 32.2. The standard InChI is InChI=1S/C15H21N7O2S3/c1-9(2)16-11(23)8-25-15-19-18-14(26-15)22-6-4-21(5-7-22)13(24)12-10(3)17-20-27-12/h9H,4-8H2,1-3H3,(H,16,23). The average molecular weight is 428 g/mol. The van der Waals surface area contributed by atoms with Crippen LogP contribution < -0.4 is 10.2 Å². The van der Waals surface area contributed by atoms with Gasteiger partial charge in [0, 0.05) is 32.2 Å². The van der Waals surface area contributed by atoms with Gasteiger partial charge in [-0.1, -0.05) is 27.6 Å². The number of aryl methyl sites for hydroxylation is 1. The third kappa shape index (κ3) is 5.14. The van der Waals surface area contributed by atoms with Crippen LogP contribution in [0.3, 0.4) is 0 Å². The summed E-state index contributed by atoms with van der Waals surface area (Å²) in [7, 11) is 0. The fourth-order valence-electron chi connectivity index (χ4n) is 2.55. The van der Waals surface area contributed by atoms with Crippen molar-refractivity contribution in [2.24, 2.45) is 0 Å². The Kier molecular flexibility index (Phi) is 6.60. The zero-order valence-corrected chi connectivity index (χ0v) is 17.8. The minimum atomic E-state index is -0.00766. The van der Waals surface area contributed by atoms with Crippen LogP contribution in [0.25, 0.3) is 0 Å². The Morgan fingerprint density at radius 1 is 1.19 bits per heavy atom. The number of hydrogen-bond donors (Lipinski definition) is 1. The third-order valence-electron chi connectivity index (χ3n) is 3.86. The highest BCUT2D eigenvalue weighted by molar-refractivity contribution is 8.01. The predicted molar refractivity (Wildman–Crippen MR) is 107 cm³/mol. The molecular weight excluding hydrogens is 406 g/mol. The molecule has 9 nitrogen and oxygen atoms in total. The Hall–Kier alpha value is -1.79. The minimum absolute atomic E-state index is 0.00757. The fraction of sp³-hybridized carbons (Fsp3) is 0.600. The fourth-order valence-corrected chi connectivity index (χ4v) is 4.88. The number of amides is 2. The van der Waals surface area contributed by atoms with E-state index in [1.54, 1.807) is 6.92 Å². The summed E-state index contributed by atoms with van der Waals surface area (Å²) in [5, 5.41) is 16.0. The molecule has 0 aromatic carbocycles. The van der Waals surface area contributed by atoms with Gasteiger partial charge in [-0.3, -0.25) is 9.59 Å². The summed E-state index contributed by atoms with van der Waals surface area (Å²) in [6, 6.07) is 0.131. The van der Waals surface area contributed by atoms with Crippen molar-refractivity contribution in [1.82, 2.24) is 30.0 Å². The van der Waals surface area contributed by atoms with Crippen LogP contribution in [-0.4, -0.2) is 74.5 Å². The number of piperazine rings is 1. The van der Waals surface area contributed by atoms with Crippen LogP contribution in [0.5, 0.6) is 0 Å². The Balaban J connectivity index is 1.50. The van der Waals surface area contributed by atoms with Crippen LogP contribution in [0.4, 0.5) is 5.13 Å². The van der Waals surface area contributed by atoms with Crippen molar-refractivity contribution in [2.45, 2.75) is 31.2 Å². The van der Waals surface area contributed by atoms with Gasteiger partial charge in [0.2, 0.25) is 11.0 Å². The van der Waals surface area contributed by atoms with Crippen molar-refractivity contribution in [3.63, 3.8) is 0 Å². The molecule has 0 atom stereocenters. The van der Waals surface area contributed by atoms with Crippen LogP contribution in [0, 0.1) is 6.92 Å². The number of rotatable bonds is 6. The number of carbonyl (C=O) groups is 2. The summed E-state index contributed by atoms with van der Waals surface area (Å²) in [4.78, 5) is 28.8. The van der Waals surface area contributed by atoms with E-state index in [1.807, 2.05) is 18.7 Å². The van der Waals surface area contributed by atoms with Gasteiger partial charge in [-0.2, -0.15) is 0 Å². The van der Waals surface area contributed by atoms with E-state index in [0.29, 0.717) is 42.5 Å². The molecule has 0 spiro atoms. The largest absolute Gasteiger partial charge is 0.353 e. The third-order valence-corrected chi connectivity index (χ3v) is 6.79. The van der Waals surface area contributed by atoms with Crippen molar-refractivity contribution in [3.05, 3.63) is 10.6 Å². The second kappa shape index (κ2) is 8.93. The number of nitrogens with one attached hydrogen (secondary N) is 1. The van der Waals surface area contributed by atoms with Gasteiger partial charge in [0.05, 0.1) is 11.4 Å². The highest BCUT2D eigenvalue weighted by Crippen LogP contribution is 2.28. The zero-order chi connectivity index (χ0) is 19.4. The first-order chi connectivity index (χ1) is 12.9. The number of hydrogen-bond acceptors (Lipinski definition) is 10. The molecule has 1 saturated heterocycles. The van der Waals surface area contributed by atoms with Gasteiger partial charge in [0.1, 0.15) is 4.88 Å². The van der Waals surface area contributed by atoms with Gasteiger partial charge >= 0.3 is 0 Å². The van der Waals surface area contributed by atoms with E-state index < -0.39 is 0 Å². The van der Waals surface area contributed by atoms with Crippen molar-refractivity contribution in [2.75, 3.05) is 36.8 Å². The highest BCUT2D eigenvalue weighted by Gasteiger charge is 2.26. The quantitative estimate of drug-likeness (QED) is 0.688. The van der Waals surface area contributed by atoms with Gasteiger partial charge < -0.3 is 15.1 Å². The van der Waals surface area contributed by atoms with E-state index in [0.717, 1.165) is 21.0 Å². The summed E-state index contributed by atoms with van der Waals surface area (Å²) in [6.45, 7) is 8.30. The van der Waals surface area contributed by atoms with E-state index in [9.17, 15) is 9.59 Å². The molecule has 1 aliphatic heterocycles. The molecule has 0 bridgehead atoms. The lowest BCUT2D eigenvalue weighted by molar-refractivity contribution is -0.119. The second-order valence-corrected chi connectivity index (χ2v) is 9.26. The van der Waals surface area contributed by atoms with Crippen LogP contribution in [0.15, 0.2) is 4.34 Å². The molecule has 0 unspecified atom stereocenters. The monoisotopic (exact) mass is 427 g/mol. The molecule has 1 N–H and O–H groups in total. The SMILES string of the molecule is Cc1nnsc1C(=O)N1CCN(c2nnc(SCC(=O)NC(C)C)s2)CC1. The van der Waals surface area contributed by atoms with Gasteiger partial charge in [-0.05, 0) is 32.3 Å². The van der Waals surface area contributed by atoms with Crippen molar-refractivity contribution < 1.29 is 9.59 Å². The van der Waals surface area contributed by atoms with E-state index in [1.165, 1.54) is 23.1 Å². The average Bonchev–Trinajstić information content (AvgIpc) is 3.28. The Labute approximate surface area is 169 Å². The van der Waals surface area contributed by atoms with Crippen molar-refractivity contribution in [1.29, 1.82) is 0 Å². The van der Waals surface area contributed by atoms with E-state index in [2.05, 4.69) is 30.0 Å². The molecule has 3 heterocycles. The predicted octanol–water partition coefficient (Wildman–Crippen LogP) is 1.28. The molecule has 1 aliphatic rings. The summed E-state index contributed by atoms with van der Waals surface area (Å²) in [5.74, 6) is 0.315. The first-order valence-corrected chi connectivity index (χ1v) is 11.1. The Morgan fingerprint density at radius 2 is 1.93 bits per heavy atom. The lowest BCUT2D eigenvalue weighted by Gasteiger charge is -2.34. The second-order valence-electron chi connectivity index (χ2n) is 6.33. The minimum Gasteiger partial charge on any atom is -0.353 e. The maximum atomic E-state index is 12.5. The Bertz CT molecular complexity index is 799. The molecule has 27 heavy (non-hydrogen) atoms. The lowest BCUT2D eigenvalue weighted by Crippen LogP contribution is -2.48. The van der Waals surface area contributed by atoms with Crippen LogP contribution in [0.2, 0.25) is 0 Å². The van der Waals surface area contributed by atoms with Crippen molar-refractivity contribution in [3.8, 4) is 0 Å². The number of nitrogens with zero attached hydrogens (tertiary/aromatic N) is 6. The zero-order valence-electron chi connectivity index (χ0n) is 15.3. The van der Waals surface area contributed by atoms with Gasteiger partial charge in [-0.15, -0.1) is 15.3 Å². The smallest absolute Gasteiger partial charge is 0.267 e. The van der Waals surface area contributed by atoms with E-state index in [-0.39, 0.29) is 17.9 Å². The first-order valence-electron chi connectivity index (χ1n) is 8.53. The molecule has 2 aromatic heterocycles. The molecule has 0 radical (unpaired) electrons. The van der Waals surface area contributed by atoms with Gasteiger partial charge in [-0.25, -0.2) is 0 Å². The normalized spacial score (nSPS) is 14.7. The van der Waals surface area contributed by atoms with Crippen LogP contribution >= 0.6 is 34.6 Å². The topological polar surface area (TPSA) is 104 Å². The van der Waals surface area contributed by atoms with Crippen LogP contribution in [-0.2, 0) is 4.79 Å². The van der Waals surface area contributed by atoms with E-state index in [4.69, 9.17) is 0 Å². The molecule has 0 saturated carbocycles. The van der Waals surface area contributed by atoms with Crippen molar-refractivity contribution >= 4 is 51.6 Å². The van der Waals surface area contributed by atoms with Gasteiger partial charge in [0.15, 0.2) is 4.34 Å². The summed E-state index contributed by atoms with van der Waals surface area (Å²) < 4.78 is 4.61. The number of anilines is 1. The first kappa shape index (κ1) is 20.0.